The van der Waals surface area contributed by atoms with Crippen molar-refractivity contribution >= 4 is 9.84 Å². The van der Waals surface area contributed by atoms with Crippen LogP contribution in [0.2, 0.25) is 0 Å². The molecule has 1 saturated carbocycles. The predicted molar refractivity (Wildman–Crippen MR) is 108 cm³/mol. The zero-order valence-electron chi connectivity index (χ0n) is 16.5. The van der Waals surface area contributed by atoms with Gasteiger partial charge >= 0.3 is 0 Å². The fraction of sp³-hybridized carbons (Fsp3) is 0.727. The Morgan fingerprint density at radius 2 is 1.52 bits per heavy atom. The average Bonchev–Trinajstić information content (AvgIpc) is 2.60. The Labute approximate surface area is 155 Å². The number of hydrogen-bond donors (Lipinski definition) is 0. The first-order valence-corrected chi connectivity index (χ1v) is 11.8. The van der Waals surface area contributed by atoms with Crippen LogP contribution in [0.3, 0.4) is 0 Å². The van der Waals surface area contributed by atoms with Gasteiger partial charge in [-0.15, -0.1) is 0 Å². The van der Waals surface area contributed by atoms with Crippen molar-refractivity contribution in [3.05, 3.63) is 35.4 Å². The van der Waals surface area contributed by atoms with Crippen LogP contribution in [-0.4, -0.2) is 19.4 Å². The SMILES string of the molecule is CCC(C)c1ccc(CCC2CCC(CS(=O)(=O)C(C)C)CC2)cc1. The Bertz CT molecular complexity index is 608. The van der Waals surface area contributed by atoms with Crippen LogP contribution in [0.1, 0.15) is 83.3 Å². The van der Waals surface area contributed by atoms with E-state index in [0.29, 0.717) is 17.6 Å². The molecular weight excluding hydrogens is 328 g/mol. The van der Waals surface area contributed by atoms with Crippen LogP contribution in [0.4, 0.5) is 0 Å². The lowest BCUT2D eigenvalue weighted by molar-refractivity contribution is 0.278. The van der Waals surface area contributed by atoms with Crippen molar-refractivity contribution in [3.8, 4) is 0 Å². The molecule has 0 radical (unpaired) electrons. The molecule has 142 valence electrons. The smallest absolute Gasteiger partial charge is 0.152 e. The van der Waals surface area contributed by atoms with Crippen LogP contribution in [0, 0.1) is 11.8 Å². The predicted octanol–water partition coefficient (Wildman–Crippen LogP) is 5.76. The van der Waals surface area contributed by atoms with E-state index in [1.165, 1.54) is 36.8 Å². The summed E-state index contributed by atoms with van der Waals surface area (Å²) in [5, 5.41) is -0.233. The van der Waals surface area contributed by atoms with Gasteiger partial charge in [0.25, 0.3) is 0 Å². The lowest BCUT2D eigenvalue weighted by Gasteiger charge is -2.28. The number of sulfone groups is 1. The van der Waals surface area contributed by atoms with E-state index in [2.05, 4.69) is 38.1 Å². The van der Waals surface area contributed by atoms with Crippen LogP contribution < -0.4 is 0 Å². The van der Waals surface area contributed by atoms with Crippen LogP contribution in [0.5, 0.6) is 0 Å². The second-order valence-electron chi connectivity index (χ2n) is 8.35. The van der Waals surface area contributed by atoms with Gasteiger partial charge in [-0.05, 0) is 74.8 Å². The largest absolute Gasteiger partial charge is 0.229 e. The molecule has 0 amide bonds. The molecule has 0 saturated heterocycles. The molecule has 1 fully saturated rings. The summed E-state index contributed by atoms with van der Waals surface area (Å²) in [6.07, 6.45) is 8.15. The minimum absolute atomic E-state index is 0.233. The second kappa shape index (κ2) is 9.21. The van der Waals surface area contributed by atoms with Gasteiger partial charge in [-0.2, -0.15) is 0 Å². The molecule has 2 rings (SSSR count). The van der Waals surface area contributed by atoms with Crippen LogP contribution in [0.25, 0.3) is 0 Å². The molecule has 0 N–H and O–H groups in total. The van der Waals surface area contributed by atoms with E-state index in [0.717, 1.165) is 25.2 Å². The molecule has 2 nitrogen and oxygen atoms in total. The maximum absolute atomic E-state index is 12.1. The van der Waals surface area contributed by atoms with Gasteiger partial charge in [0, 0.05) is 0 Å². The average molecular weight is 365 g/mol. The third kappa shape index (κ3) is 6.13. The molecule has 0 bridgehead atoms. The van der Waals surface area contributed by atoms with Crippen molar-refractivity contribution in [1.29, 1.82) is 0 Å². The van der Waals surface area contributed by atoms with E-state index in [9.17, 15) is 8.42 Å². The fourth-order valence-corrected chi connectivity index (χ4v) is 5.20. The zero-order valence-corrected chi connectivity index (χ0v) is 17.3. The summed E-state index contributed by atoms with van der Waals surface area (Å²) in [4.78, 5) is 0. The standard InChI is InChI=1S/C22H36O2S/c1-5-18(4)22-14-12-20(13-15-22)7-6-19-8-10-21(11-9-19)16-25(23,24)17(2)3/h12-15,17-19,21H,5-11,16H2,1-4H3. The molecule has 25 heavy (non-hydrogen) atoms. The summed E-state index contributed by atoms with van der Waals surface area (Å²) >= 11 is 0. The molecule has 0 heterocycles. The summed E-state index contributed by atoms with van der Waals surface area (Å²) in [7, 11) is -2.88. The number of hydrogen-bond acceptors (Lipinski definition) is 2. The maximum atomic E-state index is 12.1. The lowest BCUT2D eigenvalue weighted by Crippen LogP contribution is -2.26. The van der Waals surface area contributed by atoms with Gasteiger partial charge in [-0.25, -0.2) is 8.42 Å². The van der Waals surface area contributed by atoms with Gasteiger partial charge in [0.15, 0.2) is 9.84 Å². The Balaban J connectivity index is 1.75. The van der Waals surface area contributed by atoms with Crippen molar-refractivity contribution in [3.63, 3.8) is 0 Å². The van der Waals surface area contributed by atoms with Crippen molar-refractivity contribution in [2.24, 2.45) is 11.8 Å². The summed E-state index contributed by atoms with van der Waals surface area (Å²) in [6, 6.07) is 9.17. The van der Waals surface area contributed by atoms with E-state index in [4.69, 9.17) is 0 Å². The van der Waals surface area contributed by atoms with Gasteiger partial charge < -0.3 is 0 Å². The van der Waals surface area contributed by atoms with Crippen LogP contribution in [-0.2, 0) is 16.3 Å². The van der Waals surface area contributed by atoms with Gasteiger partial charge in [-0.1, -0.05) is 51.0 Å². The molecule has 3 heteroatoms. The van der Waals surface area contributed by atoms with Crippen molar-refractivity contribution in [2.45, 2.75) is 83.8 Å². The van der Waals surface area contributed by atoms with Gasteiger partial charge in [-0.3, -0.25) is 0 Å². The molecular formula is C22H36O2S. The molecule has 1 atom stereocenters. The topological polar surface area (TPSA) is 34.1 Å². The summed E-state index contributed by atoms with van der Waals surface area (Å²) in [5.41, 5.74) is 2.88. The van der Waals surface area contributed by atoms with Crippen molar-refractivity contribution < 1.29 is 8.42 Å². The molecule has 1 unspecified atom stereocenters. The summed E-state index contributed by atoms with van der Waals surface area (Å²) in [6.45, 7) is 8.12. The van der Waals surface area contributed by atoms with Crippen molar-refractivity contribution in [1.82, 2.24) is 0 Å². The lowest BCUT2D eigenvalue weighted by atomic mass is 9.80. The molecule has 0 aromatic heterocycles. The van der Waals surface area contributed by atoms with E-state index in [1.54, 1.807) is 13.8 Å². The summed E-state index contributed by atoms with van der Waals surface area (Å²) in [5.74, 6) is 2.20. The Morgan fingerprint density at radius 1 is 0.960 bits per heavy atom. The molecule has 1 aromatic carbocycles. The first-order chi connectivity index (χ1) is 11.8. The first-order valence-electron chi connectivity index (χ1n) is 10.1. The second-order valence-corrected chi connectivity index (χ2v) is 11.0. The van der Waals surface area contributed by atoms with Gasteiger partial charge in [0.1, 0.15) is 0 Å². The van der Waals surface area contributed by atoms with E-state index < -0.39 is 9.84 Å². The zero-order chi connectivity index (χ0) is 18.4. The Kier molecular flexibility index (Phi) is 7.54. The van der Waals surface area contributed by atoms with E-state index in [1.807, 2.05) is 0 Å². The van der Waals surface area contributed by atoms with E-state index >= 15 is 0 Å². The van der Waals surface area contributed by atoms with Gasteiger partial charge in [0.05, 0.1) is 11.0 Å². The van der Waals surface area contributed by atoms with Crippen molar-refractivity contribution in [2.75, 3.05) is 5.75 Å². The third-order valence-corrected chi connectivity index (χ3v) is 8.53. The van der Waals surface area contributed by atoms with Gasteiger partial charge in [0.2, 0.25) is 0 Å². The van der Waals surface area contributed by atoms with Crippen LogP contribution >= 0.6 is 0 Å². The number of rotatable bonds is 8. The number of aryl methyl sites for hydroxylation is 1. The highest BCUT2D eigenvalue weighted by molar-refractivity contribution is 7.91. The highest BCUT2D eigenvalue weighted by atomic mass is 32.2. The monoisotopic (exact) mass is 364 g/mol. The molecule has 1 aliphatic carbocycles. The number of benzene rings is 1. The molecule has 0 spiro atoms. The highest BCUT2D eigenvalue weighted by Gasteiger charge is 2.27. The normalized spacial score (nSPS) is 22.9. The minimum Gasteiger partial charge on any atom is -0.229 e. The first kappa shape index (κ1) is 20.5. The van der Waals surface area contributed by atoms with E-state index in [-0.39, 0.29) is 5.25 Å². The molecule has 0 aliphatic heterocycles. The highest BCUT2D eigenvalue weighted by Crippen LogP contribution is 2.33. The third-order valence-electron chi connectivity index (χ3n) is 6.15. The Morgan fingerprint density at radius 3 is 2.04 bits per heavy atom. The fourth-order valence-electron chi connectivity index (χ4n) is 3.83. The Hall–Kier alpha value is -0.830. The maximum Gasteiger partial charge on any atom is 0.152 e. The molecule has 1 aliphatic rings. The molecule has 1 aromatic rings. The van der Waals surface area contributed by atoms with Crippen LogP contribution in [0.15, 0.2) is 24.3 Å². The quantitative estimate of drug-likeness (QED) is 0.587. The minimum atomic E-state index is -2.88. The summed E-state index contributed by atoms with van der Waals surface area (Å²) < 4.78 is 24.2.